The molecule has 0 aromatic heterocycles. The average molecular weight is 448 g/mol. The van der Waals surface area contributed by atoms with E-state index < -0.39 is 0 Å². The highest BCUT2D eigenvalue weighted by molar-refractivity contribution is 9.09. The van der Waals surface area contributed by atoms with Gasteiger partial charge in [-0.2, -0.15) is 0 Å². The standard InChI is InChI=1S/C18H18Br2F2O/c19-9-1-3-13-11-15(21)5-7-17(13)23-18-8-6-16(22)12-14(18)4-2-10-20/h5-8,11-12H,1-4,9-10H2. The van der Waals surface area contributed by atoms with Gasteiger partial charge in [-0.1, -0.05) is 31.9 Å². The maximum Gasteiger partial charge on any atom is 0.130 e. The van der Waals surface area contributed by atoms with E-state index in [-0.39, 0.29) is 11.6 Å². The number of aryl methyl sites for hydroxylation is 2. The third kappa shape index (κ3) is 5.57. The molecule has 0 radical (unpaired) electrons. The molecule has 0 heterocycles. The largest absolute Gasteiger partial charge is 0.457 e. The van der Waals surface area contributed by atoms with Crippen molar-refractivity contribution in [3.8, 4) is 11.5 Å². The molecule has 1 nitrogen and oxygen atoms in total. The Morgan fingerprint density at radius 1 is 0.739 bits per heavy atom. The Kier molecular flexibility index (Phi) is 7.50. The minimum Gasteiger partial charge on any atom is -0.457 e. The first-order valence-electron chi connectivity index (χ1n) is 7.50. The summed E-state index contributed by atoms with van der Waals surface area (Å²) in [5.41, 5.74) is 1.64. The Labute approximate surface area is 152 Å². The van der Waals surface area contributed by atoms with Gasteiger partial charge in [-0.25, -0.2) is 8.78 Å². The molecule has 0 aliphatic rings. The lowest BCUT2D eigenvalue weighted by molar-refractivity contribution is 0.464. The monoisotopic (exact) mass is 446 g/mol. The number of rotatable bonds is 8. The predicted octanol–water partition coefficient (Wildman–Crippen LogP) is 6.41. The summed E-state index contributed by atoms with van der Waals surface area (Å²) in [5, 5.41) is 1.69. The molecule has 0 spiro atoms. The van der Waals surface area contributed by atoms with Crippen molar-refractivity contribution in [3.63, 3.8) is 0 Å². The minimum absolute atomic E-state index is 0.277. The van der Waals surface area contributed by atoms with E-state index in [2.05, 4.69) is 31.9 Å². The molecule has 0 N–H and O–H groups in total. The Morgan fingerprint density at radius 3 is 1.57 bits per heavy atom. The second-order valence-corrected chi connectivity index (χ2v) is 6.78. The number of hydrogen-bond donors (Lipinski definition) is 0. The molecule has 0 amide bonds. The Balaban J connectivity index is 2.27. The molecule has 124 valence electrons. The van der Waals surface area contributed by atoms with E-state index in [1.165, 1.54) is 24.3 Å². The molecule has 0 atom stereocenters. The van der Waals surface area contributed by atoms with Crippen molar-refractivity contribution < 1.29 is 13.5 Å². The lowest BCUT2D eigenvalue weighted by Gasteiger charge is -2.14. The second kappa shape index (κ2) is 9.38. The topological polar surface area (TPSA) is 9.23 Å². The summed E-state index contributed by atoms with van der Waals surface area (Å²) in [4.78, 5) is 0. The smallest absolute Gasteiger partial charge is 0.130 e. The quantitative estimate of drug-likeness (QED) is 0.424. The van der Waals surface area contributed by atoms with Crippen LogP contribution >= 0.6 is 31.9 Å². The van der Waals surface area contributed by atoms with E-state index in [9.17, 15) is 8.78 Å². The van der Waals surface area contributed by atoms with Crippen LogP contribution in [0.15, 0.2) is 36.4 Å². The summed E-state index contributed by atoms with van der Waals surface area (Å²) in [7, 11) is 0. The van der Waals surface area contributed by atoms with E-state index in [1.807, 2.05) is 0 Å². The SMILES string of the molecule is Fc1ccc(Oc2ccc(F)cc2CCCBr)c(CCCBr)c1. The molecule has 2 rings (SSSR count). The fraction of sp³-hybridized carbons (Fsp3) is 0.333. The Hall–Kier alpha value is -0.940. The van der Waals surface area contributed by atoms with Gasteiger partial charge < -0.3 is 4.74 Å². The highest BCUT2D eigenvalue weighted by atomic mass is 79.9. The van der Waals surface area contributed by atoms with E-state index in [0.717, 1.165) is 47.5 Å². The molecular formula is C18H18Br2F2O. The lowest BCUT2D eigenvalue weighted by Crippen LogP contribution is -1.98. The maximum atomic E-state index is 13.5. The molecule has 0 saturated heterocycles. The molecule has 0 unspecified atom stereocenters. The van der Waals surface area contributed by atoms with Crippen LogP contribution in [0.5, 0.6) is 11.5 Å². The van der Waals surface area contributed by atoms with Crippen LogP contribution in [0.1, 0.15) is 24.0 Å². The summed E-state index contributed by atoms with van der Waals surface area (Å²) in [6.07, 6.45) is 3.21. The molecule has 2 aromatic carbocycles. The summed E-state index contributed by atoms with van der Waals surface area (Å²) < 4.78 is 33.0. The van der Waals surface area contributed by atoms with Gasteiger partial charge in [0.2, 0.25) is 0 Å². The molecular weight excluding hydrogens is 430 g/mol. The maximum absolute atomic E-state index is 13.5. The first-order valence-corrected chi connectivity index (χ1v) is 9.75. The van der Waals surface area contributed by atoms with Crippen LogP contribution in [0.2, 0.25) is 0 Å². The van der Waals surface area contributed by atoms with Crippen LogP contribution in [-0.2, 0) is 12.8 Å². The number of hydrogen-bond acceptors (Lipinski definition) is 1. The minimum atomic E-state index is -0.277. The first-order chi connectivity index (χ1) is 11.1. The van der Waals surface area contributed by atoms with Gasteiger partial charge in [0.25, 0.3) is 0 Å². The van der Waals surface area contributed by atoms with Crippen LogP contribution < -0.4 is 4.74 Å². The molecule has 0 bridgehead atoms. The molecule has 0 saturated carbocycles. The first kappa shape index (κ1) is 18.4. The van der Waals surface area contributed by atoms with Crippen LogP contribution in [-0.4, -0.2) is 10.7 Å². The third-order valence-corrected chi connectivity index (χ3v) is 4.55. The fourth-order valence-corrected chi connectivity index (χ4v) is 2.88. The zero-order valence-corrected chi connectivity index (χ0v) is 15.8. The lowest BCUT2D eigenvalue weighted by atomic mass is 10.1. The van der Waals surface area contributed by atoms with Gasteiger partial charge in [0.1, 0.15) is 23.1 Å². The van der Waals surface area contributed by atoms with E-state index in [1.54, 1.807) is 12.1 Å². The third-order valence-electron chi connectivity index (χ3n) is 3.42. The van der Waals surface area contributed by atoms with E-state index >= 15 is 0 Å². The van der Waals surface area contributed by atoms with Crippen molar-refractivity contribution in [2.75, 3.05) is 10.7 Å². The number of ether oxygens (including phenoxy) is 1. The molecule has 0 fully saturated rings. The van der Waals surface area contributed by atoms with E-state index in [4.69, 9.17) is 4.74 Å². The second-order valence-electron chi connectivity index (χ2n) is 5.19. The van der Waals surface area contributed by atoms with Crippen molar-refractivity contribution in [1.82, 2.24) is 0 Å². The van der Waals surface area contributed by atoms with Crippen molar-refractivity contribution >= 4 is 31.9 Å². The van der Waals surface area contributed by atoms with Crippen molar-refractivity contribution in [2.45, 2.75) is 25.7 Å². The molecule has 23 heavy (non-hydrogen) atoms. The van der Waals surface area contributed by atoms with Gasteiger partial charge in [0.15, 0.2) is 0 Å². The highest BCUT2D eigenvalue weighted by Crippen LogP contribution is 2.31. The summed E-state index contributed by atoms with van der Waals surface area (Å²) >= 11 is 6.77. The predicted molar refractivity (Wildman–Crippen MR) is 97.1 cm³/mol. The number of halogens is 4. The van der Waals surface area contributed by atoms with Gasteiger partial charge in [-0.15, -0.1) is 0 Å². The number of benzene rings is 2. The van der Waals surface area contributed by atoms with Gasteiger partial charge in [-0.3, -0.25) is 0 Å². The fourth-order valence-electron chi connectivity index (χ4n) is 2.32. The molecule has 0 aliphatic carbocycles. The van der Waals surface area contributed by atoms with E-state index in [0.29, 0.717) is 11.5 Å². The van der Waals surface area contributed by atoms with Crippen LogP contribution in [0.4, 0.5) is 8.78 Å². The Bertz CT molecular complexity index is 591. The Morgan fingerprint density at radius 2 is 1.17 bits per heavy atom. The highest BCUT2D eigenvalue weighted by Gasteiger charge is 2.11. The molecule has 5 heteroatoms. The summed E-state index contributed by atoms with van der Waals surface area (Å²) in [6.45, 7) is 0. The van der Waals surface area contributed by atoms with Gasteiger partial charge in [0, 0.05) is 10.7 Å². The molecule has 2 aromatic rings. The molecule has 0 aliphatic heterocycles. The summed E-state index contributed by atoms with van der Waals surface area (Å²) in [6, 6.07) is 9.04. The van der Waals surface area contributed by atoms with Crippen molar-refractivity contribution in [3.05, 3.63) is 59.2 Å². The van der Waals surface area contributed by atoms with Crippen LogP contribution in [0.25, 0.3) is 0 Å². The summed E-state index contributed by atoms with van der Waals surface area (Å²) in [5.74, 6) is 0.694. The zero-order chi connectivity index (χ0) is 16.7. The van der Waals surface area contributed by atoms with Gasteiger partial charge in [0.05, 0.1) is 0 Å². The zero-order valence-electron chi connectivity index (χ0n) is 12.6. The van der Waals surface area contributed by atoms with Crippen LogP contribution in [0, 0.1) is 11.6 Å². The average Bonchev–Trinajstić information content (AvgIpc) is 2.54. The van der Waals surface area contributed by atoms with Gasteiger partial charge in [-0.05, 0) is 73.2 Å². The van der Waals surface area contributed by atoms with Gasteiger partial charge >= 0.3 is 0 Å². The van der Waals surface area contributed by atoms with Crippen LogP contribution in [0.3, 0.4) is 0 Å². The number of alkyl halides is 2. The normalized spacial score (nSPS) is 10.8. The van der Waals surface area contributed by atoms with Crippen molar-refractivity contribution in [2.24, 2.45) is 0 Å². The van der Waals surface area contributed by atoms with Crippen molar-refractivity contribution in [1.29, 1.82) is 0 Å².